The molecule has 0 amide bonds. The molecule has 2 rings (SSSR count). The number of benzene rings is 1. The molecule has 8 nitrogen and oxygen atoms in total. The third kappa shape index (κ3) is 3.61. The van der Waals surface area contributed by atoms with E-state index in [1.54, 1.807) is 24.3 Å². The summed E-state index contributed by atoms with van der Waals surface area (Å²) >= 11 is 0.826. The van der Waals surface area contributed by atoms with E-state index < -0.39 is 23.3 Å². The summed E-state index contributed by atoms with van der Waals surface area (Å²) in [5, 5.41) is 17.7. The van der Waals surface area contributed by atoms with Crippen molar-refractivity contribution in [3.05, 3.63) is 24.3 Å². The maximum absolute atomic E-state index is 10.9. The average molecular weight is 327 g/mol. The predicted molar refractivity (Wildman–Crippen MR) is 76.0 cm³/mol. The Hall–Kier alpha value is -2.42. The van der Waals surface area contributed by atoms with Gasteiger partial charge in [0, 0.05) is 0 Å². The molecule has 0 aliphatic rings. The first-order chi connectivity index (χ1) is 10.3. The molecule has 9 heteroatoms. The molecular formula is C13H13NO7S. The quantitative estimate of drug-likeness (QED) is 0.483. The van der Waals surface area contributed by atoms with Crippen molar-refractivity contribution in [2.75, 3.05) is 0 Å². The first kappa shape index (κ1) is 16.0. The lowest BCUT2D eigenvalue weighted by atomic mass is 10.2. The van der Waals surface area contributed by atoms with Gasteiger partial charge >= 0.3 is 12.3 Å². The fourth-order valence-corrected chi connectivity index (χ4v) is 2.64. The molecular weight excluding hydrogens is 314 g/mol. The number of oxazole rings is 1. The molecule has 118 valence electrons. The van der Waals surface area contributed by atoms with Crippen LogP contribution in [-0.4, -0.2) is 38.5 Å². The summed E-state index contributed by atoms with van der Waals surface area (Å²) in [5.74, 6) is 0. The van der Waals surface area contributed by atoms with Gasteiger partial charge in [-0.1, -0.05) is 12.1 Å². The van der Waals surface area contributed by atoms with E-state index in [9.17, 15) is 9.59 Å². The fraction of sp³-hybridized carbons (Fsp3) is 0.308. The van der Waals surface area contributed by atoms with Crippen molar-refractivity contribution >= 4 is 35.2 Å². The lowest BCUT2D eigenvalue weighted by Crippen LogP contribution is -2.41. The summed E-state index contributed by atoms with van der Waals surface area (Å²) < 4.78 is 14.9. The van der Waals surface area contributed by atoms with Gasteiger partial charge < -0.3 is 24.1 Å². The van der Waals surface area contributed by atoms with Crippen molar-refractivity contribution in [3.8, 4) is 0 Å². The lowest BCUT2D eigenvalue weighted by Gasteiger charge is -2.30. The minimum absolute atomic E-state index is 0.144. The van der Waals surface area contributed by atoms with Crippen LogP contribution in [0, 0.1) is 0 Å². The second kappa shape index (κ2) is 6.14. The number of para-hydroxylation sites is 2. The summed E-state index contributed by atoms with van der Waals surface area (Å²) in [7, 11) is 0. The zero-order valence-corrected chi connectivity index (χ0v) is 12.5. The van der Waals surface area contributed by atoms with Crippen LogP contribution in [0.5, 0.6) is 0 Å². The minimum atomic E-state index is -1.56. The number of nitrogens with zero attached hydrogens (tertiary/aromatic N) is 1. The number of fused-ring (bicyclic) bond motifs is 1. The van der Waals surface area contributed by atoms with E-state index >= 15 is 0 Å². The Morgan fingerprint density at radius 2 is 2.00 bits per heavy atom. The van der Waals surface area contributed by atoms with Crippen molar-refractivity contribution < 1.29 is 33.7 Å². The van der Waals surface area contributed by atoms with Crippen molar-refractivity contribution in [3.63, 3.8) is 0 Å². The normalized spacial score (nSPS) is 15.0. The highest BCUT2D eigenvalue weighted by Crippen LogP contribution is 2.38. The molecule has 0 bridgehead atoms. The Balaban J connectivity index is 2.28. The van der Waals surface area contributed by atoms with Gasteiger partial charge in [0.1, 0.15) is 5.52 Å². The van der Waals surface area contributed by atoms with Gasteiger partial charge in [-0.05, 0) is 37.7 Å². The summed E-state index contributed by atoms with van der Waals surface area (Å²) in [5.41, 5.74) is 1.11. The molecule has 22 heavy (non-hydrogen) atoms. The molecule has 0 saturated heterocycles. The molecule has 0 saturated carbocycles. The van der Waals surface area contributed by atoms with Crippen molar-refractivity contribution in [1.29, 1.82) is 0 Å². The van der Waals surface area contributed by atoms with E-state index in [-0.39, 0.29) is 5.22 Å². The zero-order chi connectivity index (χ0) is 16.3. The van der Waals surface area contributed by atoms with Gasteiger partial charge in [-0.3, -0.25) is 0 Å². The Kier molecular flexibility index (Phi) is 4.45. The van der Waals surface area contributed by atoms with Crippen LogP contribution in [0.1, 0.15) is 13.8 Å². The van der Waals surface area contributed by atoms with Gasteiger partial charge in [0.15, 0.2) is 11.7 Å². The predicted octanol–water partition coefficient (Wildman–Crippen LogP) is 3.41. The largest absolute Gasteiger partial charge is 0.507 e. The average Bonchev–Trinajstić information content (AvgIpc) is 2.78. The first-order valence-corrected chi connectivity index (χ1v) is 6.98. The molecule has 2 aromatic rings. The molecule has 0 radical (unpaired) electrons. The van der Waals surface area contributed by atoms with Crippen molar-refractivity contribution in [2.45, 2.75) is 30.1 Å². The summed E-state index contributed by atoms with van der Waals surface area (Å²) in [6.45, 7) is 2.76. The summed E-state index contributed by atoms with van der Waals surface area (Å²) in [6.07, 6.45) is -4.18. The van der Waals surface area contributed by atoms with Gasteiger partial charge in [0.2, 0.25) is 4.93 Å². The number of hydrogen-bond acceptors (Lipinski definition) is 7. The van der Waals surface area contributed by atoms with E-state index in [1.165, 1.54) is 13.8 Å². The van der Waals surface area contributed by atoms with Crippen LogP contribution < -0.4 is 0 Å². The van der Waals surface area contributed by atoms with Gasteiger partial charge in [0.25, 0.3) is 5.22 Å². The van der Waals surface area contributed by atoms with Crippen LogP contribution in [0.3, 0.4) is 0 Å². The van der Waals surface area contributed by atoms with Gasteiger partial charge in [-0.2, -0.15) is 0 Å². The number of hydrogen-bond donors (Lipinski definition) is 2. The van der Waals surface area contributed by atoms with Gasteiger partial charge in [-0.15, -0.1) is 0 Å². The standard InChI is InChI=1S/C13H13NO7S/c1-7(19-11(15)16)13(2,21-12(17)18)22-10-14-8-5-3-4-6-9(8)20-10/h3-7H,1-2H3,(H,15,16)(H,17,18). The molecule has 2 atom stereocenters. The molecule has 1 heterocycles. The van der Waals surface area contributed by atoms with Crippen LogP contribution in [0.15, 0.2) is 33.9 Å². The number of rotatable bonds is 5. The maximum atomic E-state index is 10.9. The van der Waals surface area contributed by atoms with Crippen LogP contribution in [0.2, 0.25) is 0 Å². The van der Waals surface area contributed by atoms with Crippen molar-refractivity contribution in [2.24, 2.45) is 0 Å². The van der Waals surface area contributed by atoms with Gasteiger partial charge in [0.05, 0.1) is 0 Å². The van der Waals surface area contributed by atoms with Crippen LogP contribution in [-0.2, 0) is 9.47 Å². The third-order valence-electron chi connectivity index (χ3n) is 2.87. The second-order valence-electron chi connectivity index (χ2n) is 4.46. The van der Waals surface area contributed by atoms with Gasteiger partial charge in [-0.25, -0.2) is 14.6 Å². The molecule has 0 fully saturated rings. The van der Waals surface area contributed by atoms with E-state index in [2.05, 4.69) is 9.72 Å². The van der Waals surface area contributed by atoms with Crippen LogP contribution in [0.25, 0.3) is 11.1 Å². The second-order valence-corrected chi connectivity index (χ2v) is 5.82. The smallest absolute Gasteiger partial charge is 0.450 e. The molecule has 0 spiro atoms. The Morgan fingerprint density at radius 1 is 1.32 bits per heavy atom. The highest BCUT2D eigenvalue weighted by molar-refractivity contribution is 8.00. The lowest BCUT2D eigenvalue weighted by molar-refractivity contribution is -0.0430. The number of aromatic nitrogens is 1. The SMILES string of the molecule is CC(OC(=O)O)C(C)(OC(=O)O)Sc1nc2ccccc2o1. The molecule has 0 aliphatic carbocycles. The Labute approximate surface area is 129 Å². The summed E-state index contributed by atoms with van der Waals surface area (Å²) in [4.78, 5) is 24.2. The van der Waals surface area contributed by atoms with E-state index in [0.717, 1.165) is 11.8 Å². The monoisotopic (exact) mass is 327 g/mol. The highest BCUT2D eigenvalue weighted by Gasteiger charge is 2.41. The molecule has 0 aliphatic heterocycles. The Morgan fingerprint density at radius 3 is 2.59 bits per heavy atom. The Bertz CT molecular complexity index is 668. The number of carbonyl (C=O) groups is 2. The van der Waals surface area contributed by atoms with E-state index in [1.807, 2.05) is 0 Å². The molecule has 2 unspecified atom stereocenters. The minimum Gasteiger partial charge on any atom is -0.450 e. The highest BCUT2D eigenvalue weighted by atomic mass is 32.2. The fourth-order valence-electron chi connectivity index (χ4n) is 1.69. The molecule has 1 aromatic carbocycles. The third-order valence-corrected chi connectivity index (χ3v) is 4.04. The molecule has 1 aromatic heterocycles. The number of thioether (sulfide) groups is 1. The molecule has 2 N–H and O–H groups in total. The van der Waals surface area contributed by atoms with E-state index in [0.29, 0.717) is 11.1 Å². The van der Waals surface area contributed by atoms with E-state index in [4.69, 9.17) is 19.4 Å². The van der Waals surface area contributed by atoms with Crippen LogP contribution in [0.4, 0.5) is 9.59 Å². The first-order valence-electron chi connectivity index (χ1n) is 6.16. The number of ether oxygens (including phenoxy) is 2. The topological polar surface area (TPSA) is 119 Å². The van der Waals surface area contributed by atoms with Crippen molar-refractivity contribution in [1.82, 2.24) is 4.98 Å². The maximum Gasteiger partial charge on any atom is 0.507 e. The number of carboxylic acid groups (broad SMARTS) is 2. The zero-order valence-electron chi connectivity index (χ0n) is 11.7. The van der Waals surface area contributed by atoms with Crippen LogP contribution >= 0.6 is 11.8 Å². The summed E-state index contributed by atoms with van der Waals surface area (Å²) in [6, 6.07) is 6.99.